The zero-order valence-electron chi connectivity index (χ0n) is 42.0. The Morgan fingerprint density at radius 2 is 1.10 bits per heavy atom. The van der Waals surface area contributed by atoms with Crippen LogP contribution >= 0.6 is 0 Å². The number of ether oxygens (including phenoxy) is 1. The first-order chi connectivity index (χ1) is 29.6. The molecular formula is C54H105N3O4. The standard InChI is InChI=1S/C39H75N3O3.C15H30O/c1-7-8-9-10-11-12-13-14-15-16-17-20-24-37(43)42(26-22-25-41(4)5)36(23-19-18-21-27-45-6)38(44)40-39(3)31-34-28-33(2)29-35(30-34)32-39;1-2-3-4-5-6-7-8-9-10-11-12-13-14-15-16/h33-36H,7-32H2,1-6H3,(H,40,44);15H,2-14H2,1H3. The molecule has 2 amide bonds. The van der Waals surface area contributed by atoms with E-state index in [0.717, 1.165) is 96.0 Å². The average molecular weight is 860 g/mol. The van der Waals surface area contributed by atoms with Crippen LogP contribution in [0.15, 0.2) is 0 Å². The van der Waals surface area contributed by atoms with E-state index in [9.17, 15) is 14.4 Å². The van der Waals surface area contributed by atoms with Gasteiger partial charge in [-0.2, -0.15) is 0 Å². The first kappa shape index (κ1) is 57.5. The van der Waals surface area contributed by atoms with E-state index >= 15 is 0 Å². The molecule has 0 heterocycles. The highest BCUT2D eigenvalue weighted by atomic mass is 16.5. The Morgan fingerprint density at radius 3 is 1.56 bits per heavy atom. The minimum atomic E-state index is -0.378. The number of fused-ring (bicyclic) bond motifs is 2. The van der Waals surface area contributed by atoms with E-state index < -0.39 is 0 Å². The van der Waals surface area contributed by atoms with Gasteiger partial charge in [-0.3, -0.25) is 9.59 Å². The number of rotatable bonds is 39. The SMILES string of the molecule is CCCCCCCCCCCCCCC(=O)N(CCCN(C)C)C(CCCCCOC)C(=O)NC1(C)CC2CC(C)CC(C2)C1.CCCCCCCCCCCCCCC=O. The summed E-state index contributed by atoms with van der Waals surface area (Å²) in [6.45, 7) is 11.5. The number of methoxy groups -OCH3 is 1. The Morgan fingerprint density at radius 1 is 0.639 bits per heavy atom. The van der Waals surface area contributed by atoms with Crippen LogP contribution < -0.4 is 5.32 Å². The molecule has 2 bridgehead atoms. The lowest BCUT2D eigenvalue weighted by molar-refractivity contribution is -0.142. The van der Waals surface area contributed by atoms with E-state index in [1.807, 2.05) is 4.90 Å². The van der Waals surface area contributed by atoms with Crippen LogP contribution in [0.25, 0.3) is 0 Å². The van der Waals surface area contributed by atoms with Gasteiger partial charge in [0.2, 0.25) is 11.8 Å². The number of hydrogen-bond acceptors (Lipinski definition) is 5. The maximum atomic E-state index is 14.2. The lowest BCUT2D eigenvalue weighted by atomic mass is 9.62. The Balaban J connectivity index is 0.000000979. The van der Waals surface area contributed by atoms with Crippen molar-refractivity contribution < 1.29 is 19.1 Å². The molecule has 0 aliphatic heterocycles. The highest BCUT2D eigenvalue weighted by Crippen LogP contribution is 2.46. The molecule has 2 aliphatic rings. The van der Waals surface area contributed by atoms with Crippen LogP contribution in [-0.2, 0) is 19.1 Å². The fourth-order valence-electron chi connectivity index (χ4n) is 10.6. The molecule has 0 saturated heterocycles. The van der Waals surface area contributed by atoms with E-state index in [4.69, 9.17) is 4.74 Å². The number of aldehydes is 1. The summed E-state index contributed by atoms with van der Waals surface area (Å²) in [6, 6.07) is -0.378. The lowest BCUT2D eigenvalue weighted by Crippen LogP contribution is -2.58. The predicted molar refractivity (Wildman–Crippen MR) is 262 cm³/mol. The molecule has 360 valence electrons. The van der Waals surface area contributed by atoms with Gasteiger partial charge in [-0.15, -0.1) is 0 Å². The van der Waals surface area contributed by atoms with Crippen LogP contribution in [0.1, 0.15) is 259 Å². The number of carbonyl (C=O) groups is 3. The number of nitrogens with zero attached hydrogens (tertiary/aromatic N) is 2. The Hall–Kier alpha value is -1.47. The minimum absolute atomic E-state index is 0.0881. The molecule has 7 heteroatoms. The molecule has 0 aromatic rings. The van der Waals surface area contributed by atoms with Crippen molar-refractivity contribution in [3.05, 3.63) is 0 Å². The molecule has 1 N–H and O–H groups in total. The highest BCUT2D eigenvalue weighted by Gasteiger charge is 2.43. The second-order valence-corrected chi connectivity index (χ2v) is 20.6. The molecule has 2 fully saturated rings. The predicted octanol–water partition coefficient (Wildman–Crippen LogP) is 14.4. The van der Waals surface area contributed by atoms with E-state index in [1.54, 1.807) is 7.11 Å². The molecule has 61 heavy (non-hydrogen) atoms. The number of nitrogens with one attached hydrogen (secondary N) is 1. The summed E-state index contributed by atoms with van der Waals surface area (Å²) in [5.41, 5.74) is -0.160. The normalized spacial score (nSPS) is 20.2. The fourth-order valence-corrected chi connectivity index (χ4v) is 10.6. The largest absolute Gasteiger partial charge is 0.385 e. The van der Waals surface area contributed by atoms with E-state index in [2.05, 4.69) is 52.0 Å². The van der Waals surface area contributed by atoms with Crippen LogP contribution in [0.3, 0.4) is 0 Å². The highest BCUT2D eigenvalue weighted by molar-refractivity contribution is 5.88. The Kier molecular flexibility index (Phi) is 36.7. The molecule has 2 rings (SSSR count). The third-order valence-electron chi connectivity index (χ3n) is 13.8. The fraction of sp³-hybridized carbons (Fsp3) is 0.944. The van der Waals surface area contributed by atoms with Crippen LogP contribution in [0, 0.1) is 17.8 Å². The van der Waals surface area contributed by atoms with E-state index in [1.165, 1.54) is 154 Å². The third-order valence-corrected chi connectivity index (χ3v) is 13.8. The minimum Gasteiger partial charge on any atom is -0.385 e. The van der Waals surface area contributed by atoms with Crippen molar-refractivity contribution in [1.82, 2.24) is 15.1 Å². The number of amides is 2. The molecule has 2 saturated carbocycles. The van der Waals surface area contributed by atoms with Crippen molar-refractivity contribution >= 4 is 18.1 Å². The first-order valence-corrected chi connectivity index (χ1v) is 26.8. The van der Waals surface area contributed by atoms with Gasteiger partial charge in [0.25, 0.3) is 0 Å². The summed E-state index contributed by atoms with van der Waals surface area (Å²) in [5, 5.41) is 3.57. The number of carbonyl (C=O) groups excluding carboxylic acids is 3. The summed E-state index contributed by atoms with van der Waals surface area (Å²) in [5.74, 6) is 2.50. The van der Waals surface area contributed by atoms with Crippen molar-refractivity contribution in [3.8, 4) is 0 Å². The van der Waals surface area contributed by atoms with Gasteiger partial charge in [-0.1, -0.05) is 175 Å². The lowest BCUT2D eigenvalue weighted by Gasteiger charge is -2.48. The molecule has 0 aromatic carbocycles. The van der Waals surface area contributed by atoms with Crippen LogP contribution in [0.5, 0.6) is 0 Å². The second-order valence-electron chi connectivity index (χ2n) is 20.6. The topological polar surface area (TPSA) is 79.0 Å². The molecular weight excluding hydrogens is 755 g/mol. The van der Waals surface area contributed by atoms with Crippen LogP contribution in [0.4, 0.5) is 0 Å². The average Bonchev–Trinajstić information content (AvgIpc) is 3.21. The number of unbranched alkanes of at least 4 members (excludes halogenated alkanes) is 25. The van der Waals surface area contributed by atoms with Crippen molar-refractivity contribution in [3.63, 3.8) is 0 Å². The van der Waals surface area contributed by atoms with E-state index in [-0.39, 0.29) is 23.4 Å². The summed E-state index contributed by atoms with van der Waals surface area (Å²) < 4.78 is 5.28. The van der Waals surface area contributed by atoms with Gasteiger partial charge in [0, 0.05) is 38.6 Å². The molecule has 0 radical (unpaired) electrons. The molecule has 7 nitrogen and oxygen atoms in total. The van der Waals surface area contributed by atoms with Crippen molar-refractivity contribution in [2.75, 3.05) is 40.9 Å². The third kappa shape index (κ3) is 31.1. The zero-order valence-corrected chi connectivity index (χ0v) is 42.0. The van der Waals surface area contributed by atoms with Crippen LogP contribution in [0.2, 0.25) is 0 Å². The monoisotopic (exact) mass is 860 g/mol. The van der Waals surface area contributed by atoms with Crippen LogP contribution in [-0.4, -0.2) is 80.4 Å². The van der Waals surface area contributed by atoms with Gasteiger partial charge < -0.3 is 24.6 Å². The first-order valence-electron chi connectivity index (χ1n) is 26.8. The van der Waals surface area contributed by atoms with Crippen molar-refractivity contribution in [2.24, 2.45) is 17.8 Å². The Labute approximate surface area is 380 Å². The maximum Gasteiger partial charge on any atom is 0.243 e. The number of hydrogen-bond donors (Lipinski definition) is 1. The van der Waals surface area contributed by atoms with Gasteiger partial charge in [0.05, 0.1) is 0 Å². The van der Waals surface area contributed by atoms with Crippen molar-refractivity contribution in [2.45, 2.75) is 270 Å². The summed E-state index contributed by atoms with van der Waals surface area (Å²) in [6.07, 6.45) is 44.8. The summed E-state index contributed by atoms with van der Waals surface area (Å²) in [4.78, 5) is 42.3. The molecule has 0 aromatic heterocycles. The quantitative estimate of drug-likeness (QED) is 0.0492. The molecule has 3 unspecified atom stereocenters. The van der Waals surface area contributed by atoms with E-state index in [0.29, 0.717) is 24.8 Å². The van der Waals surface area contributed by atoms with Gasteiger partial charge in [-0.25, -0.2) is 0 Å². The molecule has 2 aliphatic carbocycles. The summed E-state index contributed by atoms with van der Waals surface area (Å²) >= 11 is 0. The maximum absolute atomic E-state index is 14.2. The molecule has 3 atom stereocenters. The smallest absolute Gasteiger partial charge is 0.243 e. The van der Waals surface area contributed by atoms with Gasteiger partial charge in [0.1, 0.15) is 12.3 Å². The van der Waals surface area contributed by atoms with Gasteiger partial charge >= 0.3 is 0 Å². The second kappa shape index (κ2) is 38.9. The molecule has 0 spiro atoms. The van der Waals surface area contributed by atoms with Gasteiger partial charge in [-0.05, 0) is 110 Å². The van der Waals surface area contributed by atoms with Crippen molar-refractivity contribution in [1.29, 1.82) is 0 Å². The summed E-state index contributed by atoms with van der Waals surface area (Å²) in [7, 11) is 5.92. The Bertz CT molecular complexity index is 1020. The zero-order chi connectivity index (χ0) is 44.8. The van der Waals surface area contributed by atoms with Gasteiger partial charge in [0.15, 0.2) is 0 Å².